The number of hydrogen-bond donors (Lipinski definition) is 0. The van der Waals surface area contributed by atoms with Crippen LogP contribution in [-0.2, 0) is 32.6 Å². The molecule has 2 aromatic carbocycles. The number of halogens is 3. The number of rotatable bonds is 4. The van der Waals surface area contributed by atoms with E-state index in [2.05, 4.69) is 0 Å². The molecule has 2 heterocycles. The summed E-state index contributed by atoms with van der Waals surface area (Å²) in [6, 6.07) is 7.91. The maximum atomic E-state index is 13.2. The first kappa shape index (κ1) is 22.1. The molecule has 6 nitrogen and oxygen atoms in total. The number of sulfonamides is 2. The molecule has 0 bridgehead atoms. The van der Waals surface area contributed by atoms with Gasteiger partial charge in [-0.05, 0) is 67.6 Å². The highest BCUT2D eigenvalue weighted by atomic mass is 32.2. The van der Waals surface area contributed by atoms with E-state index in [1.165, 1.54) is 22.5 Å². The largest absolute Gasteiger partial charge is 0.416 e. The normalized spacial score (nSPS) is 18.2. The second-order valence-corrected chi connectivity index (χ2v) is 11.4. The van der Waals surface area contributed by atoms with Gasteiger partial charge in [0.25, 0.3) is 10.0 Å². The van der Waals surface area contributed by atoms with Gasteiger partial charge in [-0.1, -0.05) is 6.07 Å². The highest BCUT2D eigenvalue weighted by Crippen LogP contribution is 2.36. The lowest BCUT2D eigenvalue weighted by atomic mass is 10.0. The number of nitrogens with zero attached hydrogens (tertiary/aromatic N) is 2. The van der Waals surface area contributed by atoms with Crippen LogP contribution in [0.1, 0.15) is 30.4 Å². The van der Waals surface area contributed by atoms with Crippen LogP contribution in [0.5, 0.6) is 0 Å². The summed E-state index contributed by atoms with van der Waals surface area (Å²) in [6.45, 7) is 1.01. The van der Waals surface area contributed by atoms with Gasteiger partial charge in [0.1, 0.15) is 0 Å². The predicted molar refractivity (Wildman–Crippen MR) is 109 cm³/mol. The van der Waals surface area contributed by atoms with Gasteiger partial charge in [0.15, 0.2) is 0 Å². The van der Waals surface area contributed by atoms with Crippen LogP contribution in [0, 0.1) is 0 Å². The van der Waals surface area contributed by atoms with Gasteiger partial charge in [-0.25, -0.2) is 16.8 Å². The standard InChI is InChI=1S/C20H21F3N2O4S2/c21-20(22,23)16-6-3-7-17(14-16)31(28,29)25-12-4-5-15-13-18(8-9-19(15)25)30(26,27)24-10-1-2-11-24/h3,6-9,13-14H,1-2,4-5,10-12H2. The number of fused-ring (bicyclic) bond motifs is 1. The van der Waals surface area contributed by atoms with Gasteiger partial charge in [0.05, 0.1) is 21.0 Å². The number of aryl methyl sites for hydroxylation is 1. The van der Waals surface area contributed by atoms with Crippen molar-refractivity contribution >= 4 is 25.7 Å². The van der Waals surface area contributed by atoms with Gasteiger partial charge in [0.2, 0.25) is 10.0 Å². The van der Waals surface area contributed by atoms with Crippen molar-refractivity contribution in [3.05, 3.63) is 53.6 Å². The van der Waals surface area contributed by atoms with E-state index in [-0.39, 0.29) is 11.4 Å². The van der Waals surface area contributed by atoms with Crippen LogP contribution in [-0.4, -0.2) is 40.8 Å². The Labute approximate surface area is 179 Å². The maximum absolute atomic E-state index is 13.2. The van der Waals surface area contributed by atoms with E-state index in [9.17, 15) is 30.0 Å². The second kappa shape index (κ2) is 7.79. The van der Waals surface area contributed by atoms with Crippen molar-refractivity contribution in [1.29, 1.82) is 0 Å². The van der Waals surface area contributed by atoms with Gasteiger partial charge >= 0.3 is 6.18 Å². The van der Waals surface area contributed by atoms with Crippen LogP contribution in [0.2, 0.25) is 0 Å². The smallest absolute Gasteiger partial charge is 0.266 e. The second-order valence-electron chi connectivity index (χ2n) is 7.61. The molecule has 0 amide bonds. The number of hydrogen-bond acceptors (Lipinski definition) is 4. The molecule has 0 saturated carbocycles. The molecule has 0 aromatic heterocycles. The monoisotopic (exact) mass is 474 g/mol. The average Bonchev–Trinajstić information content (AvgIpc) is 3.28. The molecule has 168 valence electrons. The van der Waals surface area contributed by atoms with Crippen molar-refractivity contribution in [2.75, 3.05) is 23.9 Å². The van der Waals surface area contributed by atoms with E-state index in [1.54, 1.807) is 0 Å². The zero-order valence-corrected chi connectivity index (χ0v) is 18.1. The zero-order chi connectivity index (χ0) is 22.4. The minimum atomic E-state index is -4.66. The minimum absolute atomic E-state index is 0.101. The lowest BCUT2D eigenvalue weighted by Crippen LogP contribution is -2.36. The highest BCUT2D eigenvalue weighted by Gasteiger charge is 2.35. The topological polar surface area (TPSA) is 74.8 Å². The Bertz CT molecular complexity index is 1210. The molecular weight excluding hydrogens is 453 g/mol. The van der Waals surface area contributed by atoms with Crippen LogP contribution in [0.15, 0.2) is 52.3 Å². The van der Waals surface area contributed by atoms with Crippen LogP contribution in [0.4, 0.5) is 18.9 Å². The van der Waals surface area contributed by atoms with E-state index in [1.807, 2.05) is 0 Å². The molecule has 11 heteroatoms. The van der Waals surface area contributed by atoms with Crippen LogP contribution >= 0.6 is 0 Å². The molecule has 4 rings (SSSR count). The molecule has 0 radical (unpaired) electrons. The molecule has 1 fully saturated rings. The zero-order valence-electron chi connectivity index (χ0n) is 16.5. The van der Waals surface area contributed by atoms with Crippen molar-refractivity contribution in [3.63, 3.8) is 0 Å². The fraction of sp³-hybridized carbons (Fsp3) is 0.400. The molecule has 1 saturated heterocycles. The molecule has 2 aromatic rings. The summed E-state index contributed by atoms with van der Waals surface area (Å²) >= 11 is 0. The summed E-state index contributed by atoms with van der Waals surface area (Å²) in [4.78, 5) is -0.351. The average molecular weight is 475 g/mol. The number of benzene rings is 2. The van der Waals surface area contributed by atoms with E-state index in [4.69, 9.17) is 0 Å². The van der Waals surface area contributed by atoms with Gasteiger partial charge in [-0.15, -0.1) is 0 Å². The first-order chi connectivity index (χ1) is 14.5. The minimum Gasteiger partial charge on any atom is -0.266 e. The van der Waals surface area contributed by atoms with Crippen molar-refractivity contribution in [2.24, 2.45) is 0 Å². The first-order valence-corrected chi connectivity index (χ1v) is 12.7. The Balaban J connectivity index is 1.72. The van der Waals surface area contributed by atoms with Crippen LogP contribution < -0.4 is 4.31 Å². The van der Waals surface area contributed by atoms with Crippen LogP contribution in [0.25, 0.3) is 0 Å². The summed E-state index contributed by atoms with van der Waals surface area (Å²) in [6.07, 6.45) is -2.16. The quantitative estimate of drug-likeness (QED) is 0.678. The first-order valence-electron chi connectivity index (χ1n) is 9.84. The van der Waals surface area contributed by atoms with Gasteiger partial charge < -0.3 is 0 Å². The predicted octanol–water partition coefficient (Wildman–Crippen LogP) is 3.63. The van der Waals surface area contributed by atoms with Gasteiger partial charge in [-0.3, -0.25) is 4.31 Å². The third-order valence-electron chi connectivity index (χ3n) is 5.58. The third kappa shape index (κ3) is 4.06. The molecule has 0 aliphatic carbocycles. The van der Waals surface area contributed by atoms with E-state index < -0.39 is 36.7 Å². The SMILES string of the molecule is O=S(=O)(c1ccc2c(c1)CCCN2S(=O)(=O)c1cccc(C(F)(F)F)c1)N1CCCC1. The summed E-state index contributed by atoms with van der Waals surface area (Å²) in [5.74, 6) is 0. The fourth-order valence-electron chi connectivity index (χ4n) is 3.99. The Hall–Kier alpha value is -2.11. The molecule has 0 atom stereocenters. The Kier molecular flexibility index (Phi) is 5.55. The molecule has 2 aliphatic rings. The summed E-state index contributed by atoms with van der Waals surface area (Å²) < 4.78 is 93.6. The fourth-order valence-corrected chi connectivity index (χ4v) is 7.14. The molecule has 0 N–H and O–H groups in total. The molecule has 0 spiro atoms. The summed E-state index contributed by atoms with van der Waals surface area (Å²) in [5.41, 5.74) is -0.205. The van der Waals surface area contributed by atoms with E-state index in [0.717, 1.165) is 35.3 Å². The maximum Gasteiger partial charge on any atom is 0.416 e. The number of alkyl halides is 3. The Morgan fingerprint density at radius 2 is 1.45 bits per heavy atom. The van der Waals surface area contributed by atoms with Crippen molar-refractivity contribution in [3.8, 4) is 0 Å². The van der Waals surface area contributed by atoms with Crippen molar-refractivity contribution < 1.29 is 30.0 Å². The highest BCUT2D eigenvalue weighted by molar-refractivity contribution is 7.92. The van der Waals surface area contributed by atoms with Gasteiger partial charge in [0, 0.05) is 19.6 Å². The third-order valence-corrected chi connectivity index (χ3v) is 9.28. The molecular formula is C20H21F3N2O4S2. The Morgan fingerprint density at radius 3 is 2.13 bits per heavy atom. The van der Waals surface area contributed by atoms with Crippen molar-refractivity contribution in [1.82, 2.24) is 4.31 Å². The Morgan fingerprint density at radius 1 is 0.774 bits per heavy atom. The lowest BCUT2D eigenvalue weighted by molar-refractivity contribution is -0.137. The van der Waals surface area contributed by atoms with Gasteiger partial charge in [-0.2, -0.15) is 17.5 Å². The summed E-state index contributed by atoms with van der Waals surface area (Å²) in [7, 11) is -7.91. The number of anilines is 1. The molecule has 31 heavy (non-hydrogen) atoms. The van der Waals surface area contributed by atoms with Crippen LogP contribution in [0.3, 0.4) is 0 Å². The van der Waals surface area contributed by atoms with Crippen molar-refractivity contribution in [2.45, 2.75) is 41.7 Å². The van der Waals surface area contributed by atoms with E-state index >= 15 is 0 Å². The molecule has 0 unspecified atom stereocenters. The molecule has 2 aliphatic heterocycles. The lowest BCUT2D eigenvalue weighted by Gasteiger charge is -2.31. The summed E-state index contributed by atoms with van der Waals surface area (Å²) in [5, 5.41) is 0. The van der Waals surface area contributed by atoms with E-state index in [0.29, 0.717) is 43.2 Å².